The number of ether oxygens (including phenoxy) is 4. The molecule has 2 aliphatic rings. The Balaban J connectivity index is 1.52. The van der Waals surface area contributed by atoms with Gasteiger partial charge in [0.1, 0.15) is 24.4 Å². The van der Waals surface area contributed by atoms with Crippen molar-refractivity contribution in [2.75, 3.05) is 13.2 Å². The molecule has 2 fully saturated rings. The van der Waals surface area contributed by atoms with E-state index in [1.54, 1.807) is 0 Å². The van der Waals surface area contributed by atoms with Crippen LogP contribution in [0.3, 0.4) is 0 Å². The fourth-order valence-corrected chi connectivity index (χ4v) is 3.34. The maximum Gasteiger partial charge on any atom is 0.184 e. The van der Waals surface area contributed by atoms with E-state index in [9.17, 15) is 10.2 Å². The minimum absolute atomic E-state index is 0.123. The first-order valence-corrected chi connectivity index (χ1v) is 8.73. The summed E-state index contributed by atoms with van der Waals surface area (Å²) in [6.07, 6.45) is -3.92. The quantitative estimate of drug-likeness (QED) is 0.870. The summed E-state index contributed by atoms with van der Waals surface area (Å²) in [6.45, 7) is -0.102. The Morgan fingerprint density at radius 2 is 1.35 bits per heavy atom. The number of hydrogen-bond acceptors (Lipinski definition) is 6. The first-order valence-electron chi connectivity index (χ1n) is 8.73. The molecule has 138 valence electrons. The lowest BCUT2D eigenvalue weighted by Gasteiger charge is -2.37. The number of benzene rings is 2. The number of aliphatic hydroxyl groups excluding tert-OH is 2. The maximum atomic E-state index is 10.4. The predicted molar refractivity (Wildman–Crippen MR) is 92.0 cm³/mol. The Labute approximate surface area is 151 Å². The molecule has 0 saturated carbocycles. The molecule has 2 N–H and O–H groups in total. The van der Waals surface area contributed by atoms with E-state index < -0.39 is 37.0 Å². The molecule has 2 aromatic carbocycles. The van der Waals surface area contributed by atoms with Crippen LogP contribution in [0, 0.1) is 0 Å². The molecule has 0 amide bonds. The fraction of sp³-hybridized carbons (Fsp3) is 0.400. The van der Waals surface area contributed by atoms with Crippen molar-refractivity contribution < 1.29 is 29.2 Å². The van der Waals surface area contributed by atoms with Crippen LogP contribution in [0.4, 0.5) is 0 Å². The van der Waals surface area contributed by atoms with Crippen molar-refractivity contribution >= 4 is 0 Å². The molecule has 4 rings (SSSR count). The molecule has 2 aromatic rings. The van der Waals surface area contributed by atoms with E-state index in [1.807, 2.05) is 60.7 Å². The Kier molecular flexibility index (Phi) is 5.31. The first kappa shape index (κ1) is 17.6. The van der Waals surface area contributed by atoms with Crippen molar-refractivity contribution in [2.45, 2.75) is 37.0 Å². The van der Waals surface area contributed by atoms with Gasteiger partial charge in [0, 0.05) is 11.1 Å². The average Bonchev–Trinajstić information content (AvgIpc) is 3.14. The fourth-order valence-electron chi connectivity index (χ4n) is 3.34. The average molecular weight is 358 g/mol. The summed E-state index contributed by atoms with van der Waals surface area (Å²) in [5.41, 5.74) is 1.72. The molecular weight excluding hydrogens is 336 g/mol. The van der Waals surface area contributed by atoms with E-state index in [2.05, 4.69) is 0 Å². The molecule has 2 saturated heterocycles. The molecular formula is C20H22O6. The molecule has 0 radical (unpaired) electrons. The van der Waals surface area contributed by atoms with Gasteiger partial charge in [-0.05, 0) is 0 Å². The molecule has 0 bridgehead atoms. The molecule has 2 unspecified atom stereocenters. The number of hydrogen-bond donors (Lipinski definition) is 2. The monoisotopic (exact) mass is 358 g/mol. The van der Waals surface area contributed by atoms with Gasteiger partial charge in [0.25, 0.3) is 0 Å². The van der Waals surface area contributed by atoms with E-state index in [4.69, 9.17) is 18.9 Å². The highest BCUT2D eigenvalue weighted by molar-refractivity contribution is 5.18. The minimum Gasteiger partial charge on any atom is -0.394 e. The highest BCUT2D eigenvalue weighted by atomic mass is 16.8. The van der Waals surface area contributed by atoms with Crippen molar-refractivity contribution in [3.8, 4) is 0 Å². The third-order valence-electron chi connectivity index (χ3n) is 4.67. The molecule has 2 aliphatic heterocycles. The smallest absolute Gasteiger partial charge is 0.184 e. The van der Waals surface area contributed by atoms with Crippen LogP contribution in [0.2, 0.25) is 0 Å². The Hall–Kier alpha value is -1.80. The summed E-state index contributed by atoms with van der Waals surface area (Å²) in [7, 11) is 0. The topological polar surface area (TPSA) is 77.4 Å². The van der Waals surface area contributed by atoms with E-state index >= 15 is 0 Å². The second-order valence-corrected chi connectivity index (χ2v) is 6.44. The Bertz CT molecular complexity index is 656. The lowest BCUT2D eigenvalue weighted by molar-refractivity contribution is -0.279. The third kappa shape index (κ3) is 3.53. The SMILES string of the molecule is OC[C@@H]1OC(c2ccccc2)O[C@@H]1[C@H]1OC(c2ccccc2)OC[C@H]1O. The van der Waals surface area contributed by atoms with Crippen LogP contribution in [-0.2, 0) is 18.9 Å². The van der Waals surface area contributed by atoms with Crippen LogP contribution < -0.4 is 0 Å². The molecule has 6 nitrogen and oxygen atoms in total. The molecule has 6 atom stereocenters. The lowest BCUT2D eigenvalue weighted by Crippen LogP contribution is -2.51. The van der Waals surface area contributed by atoms with Crippen LogP contribution in [0.15, 0.2) is 60.7 Å². The van der Waals surface area contributed by atoms with Gasteiger partial charge in [0.2, 0.25) is 0 Å². The lowest BCUT2D eigenvalue weighted by atomic mass is 10.0. The number of rotatable bonds is 4. The van der Waals surface area contributed by atoms with Gasteiger partial charge in [-0.15, -0.1) is 0 Å². The van der Waals surface area contributed by atoms with Gasteiger partial charge < -0.3 is 29.2 Å². The zero-order valence-corrected chi connectivity index (χ0v) is 14.2. The summed E-state index contributed by atoms with van der Waals surface area (Å²) in [4.78, 5) is 0. The van der Waals surface area contributed by atoms with Gasteiger partial charge in [0.15, 0.2) is 12.6 Å². The van der Waals surface area contributed by atoms with Crippen molar-refractivity contribution in [3.05, 3.63) is 71.8 Å². The normalized spacial score (nSPS) is 34.7. The maximum absolute atomic E-state index is 10.4. The van der Waals surface area contributed by atoms with Crippen LogP contribution in [0.5, 0.6) is 0 Å². The molecule has 26 heavy (non-hydrogen) atoms. The first-order chi connectivity index (χ1) is 12.8. The highest BCUT2D eigenvalue weighted by Gasteiger charge is 2.47. The Morgan fingerprint density at radius 3 is 1.96 bits per heavy atom. The minimum atomic E-state index is -0.868. The van der Waals surface area contributed by atoms with E-state index in [1.165, 1.54) is 0 Å². The second-order valence-electron chi connectivity index (χ2n) is 6.44. The van der Waals surface area contributed by atoms with E-state index in [0.717, 1.165) is 11.1 Å². The van der Waals surface area contributed by atoms with Crippen LogP contribution in [-0.4, -0.2) is 47.8 Å². The van der Waals surface area contributed by atoms with Crippen LogP contribution in [0.25, 0.3) is 0 Å². The second kappa shape index (κ2) is 7.84. The van der Waals surface area contributed by atoms with Crippen molar-refractivity contribution in [1.29, 1.82) is 0 Å². The van der Waals surface area contributed by atoms with Gasteiger partial charge in [-0.1, -0.05) is 60.7 Å². The van der Waals surface area contributed by atoms with Crippen molar-refractivity contribution in [2.24, 2.45) is 0 Å². The largest absolute Gasteiger partial charge is 0.394 e. The van der Waals surface area contributed by atoms with Gasteiger partial charge in [-0.3, -0.25) is 0 Å². The third-order valence-corrected chi connectivity index (χ3v) is 4.67. The van der Waals surface area contributed by atoms with E-state index in [-0.39, 0.29) is 13.2 Å². The van der Waals surface area contributed by atoms with Crippen molar-refractivity contribution in [1.82, 2.24) is 0 Å². The summed E-state index contributed by atoms with van der Waals surface area (Å²) >= 11 is 0. The molecule has 0 aliphatic carbocycles. The van der Waals surface area contributed by atoms with Gasteiger partial charge in [-0.2, -0.15) is 0 Å². The van der Waals surface area contributed by atoms with Gasteiger partial charge >= 0.3 is 0 Å². The standard InChI is InChI=1S/C20H22O6/c21-11-16-18(26-20(24-16)14-9-5-2-6-10-14)17-15(22)12-23-19(25-17)13-7-3-1-4-8-13/h1-10,15-22H,11-12H2/t15-,16+,17+,18+,19?,20?/m1/s1. The highest BCUT2D eigenvalue weighted by Crippen LogP contribution is 2.37. The zero-order chi connectivity index (χ0) is 17.9. The number of aliphatic hydroxyl groups is 2. The molecule has 0 spiro atoms. The van der Waals surface area contributed by atoms with Gasteiger partial charge in [0.05, 0.1) is 13.2 Å². The predicted octanol–water partition coefficient (Wildman–Crippen LogP) is 1.94. The van der Waals surface area contributed by atoms with Gasteiger partial charge in [-0.25, -0.2) is 0 Å². The zero-order valence-electron chi connectivity index (χ0n) is 14.2. The van der Waals surface area contributed by atoms with Crippen LogP contribution >= 0.6 is 0 Å². The summed E-state index contributed by atoms with van der Waals surface area (Å²) in [6, 6.07) is 19.0. The van der Waals surface area contributed by atoms with Crippen molar-refractivity contribution in [3.63, 3.8) is 0 Å². The molecule has 2 heterocycles. The summed E-state index contributed by atoms with van der Waals surface area (Å²) < 4.78 is 23.5. The van der Waals surface area contributed by atoms with E-state index in [0.29, 0.717) is 0 Å². The summed E-state index contributed by atoms with van der Waals surface area (Å²) in [5, 5.41) is 20.1. The molecule has 0 aromatic heterocycles. The Morgan fingerprint density at radius 1 is 0.769 bits per heavy atom. The van der Waals surface area contributed by atoms with Crippen LogP contribution in [0.1, 0.15) is 23.7 Å². The summed E-state index contributed by atoms with van der Waals surface area (Å²) in [5.74, 6) is 0. The molecule has 6 heteroatoms.